The zero-order chi connectivity index (χ0) is 15.1. The van der Waals surface area contributed by atoms with Crippen molar-refractivity contribution in [3.05, 3.63) is 22.7 Å². The van der Waals surface area contributed by atoms with Crippen LogP contribution in [0.3, 0.4) is 0 Å². The number of ether oxygens (including phenoxy) is 2. The molecule has 1 unspecified atom stereocenters. The Hall–Kier alpha value is -1.95. The summed E-state index contributed by atoms with van der Waals surface area (Å²) in [7, 11) is 1.55. The monoisotopic (exact) mass is 298 g/mol. The van der Waals surface area contributed by atoms with E-state index in [0.29, 0.717) is 22.1 Å². The Kier molecular flexibility index (Phi) is 6.11. The SMILES string of the molecule is CCC(C)Oc1c(Cl)cc(C=NN=C(N)N)cc1OC. The molecular weight excluding hydrogens is 280 g/mol. The highest BCUT2D eigenvalue weighted by Crippen LogP contribution is 2.37. The third-order valence-electron chi connectivity index (χ3n) is 2.53. The number of hydrogen-bond acceptors (Lipinski definition) is 4. The van der Waals surface area contributed by atoms with Gasteiger partial charge in [0.15, 0.2) is 11.5 Å². The minimum Gasteiger partial charge on any atom is -0.493 e. The first-order valence-electron chi connectivity index (χ1n) is 6.14. The van der Waals surface area contributed by atoms with E-state index in [-0.39, 0.29) is 12.1 Å². The maximum atomic E-state index is 6.20. The summed E-state index contributed by atoms with van der Waals surface area (Å²) in [6, 6.07) is 3.45. The van der Waals surface area contributed by atoms with Gasteiger partial charge in [-0.1, -0.05) is 18.5 Å². The topological polar surface area (TPSA) is 95.2 Å². The lowest BCUT2D eigenvalue weighted by molar-refractivity contribution is 0.208. The second-order valence-corrected chi connectivity index (χ2v) is 4.55. The van der Waals surface area contributed by atoms with Gasteiger partial charge in [0.1, 0.15) is 0 Å². The molecule has 0 radical (unpaired) electrons. The van der Waals surface area contributed by atoms with Crippen molar-refractivity contribution in [3.63, 3.8) is 0 Å². The van der Waals surface area contributed by atoms with Gasteiger partial charge in [0.25, 0.3) is 0 Å². The van der Waals surface area contributed by atoms with E-state index in [0.717, 1.165) is 6.42 Å². The molecule has 7 heteroatoms. The van der Waals surface area contributed by atoms with E-state index in [9.17, 15) is 0 Å². The second kappa shape index (κ2) is 7.59. The molecule has 0 amide bonds. The smallest absolute Gasteiger partial charge is 0.211 e. The van der Waals surface area contributed by atoms with Gasteiger partial charge in [-0.15, -0.1) is 5.10 Å². The van der Waals surface area contributed by atoms with E-state index in [4.69, 9.17) is 32.5 Å². The molecule has 0 fully saturated rings. The first-order valence-corrected chi connectivity index (χ1v) is 6.51. The fourth-order valence-corrected chi connectivity index (χ4v) is 1.64. The van der Waals surface area contributed by atoms with Crippen LogP contribution in [-0.2, 0) is 0 Å². The zero-order valence-corrected chi connectivity index (χ0v) is 12.5. The lowest BCUT2D eigenvalue weighted by Gasteiger charge is -2.17. The predicted molar refractivity (Wildman–Crippen MR) is 81.8 cm³/mol. The van der Waals surface area contributed by atoms with Crippen molar-refractivity contribution in [2.45, 2.75) is 26.4 Å². The molecule has 110 valence electrons. The van der Waals surface area contributed by atoms with Gasteiger partial charge < -0.3 is 20.9 Å². The highest BCUT2D eigenvalue weighted by atomic mass is 35.5. The highest BCUT2D eigenvalue weighted by molar-refractivity contribution is 6.32. The number of methoxy groups -OCH3 is 1. The van der Waals surface area contributed by atoms with Crippen LogP contribution in [0.5, 0.6) is 11.5 Å². The number of guanidine groups is 1. The molecule has 0 bridgehead atoms. The molecule has 0 aliphatic rings. The fraction of sp³-hybridized carbons (Fsp3) is 0.385. The molecule has 0 saturated heterocycles. The average Bonchev–Trinajstić information content (AvgIpc) is 2.40. The highest BCUT2D eigenvalue weighted by Gasteiger charge is 2.13. The summed E-state index contributed by atoms with van der Waals surface area (Å²) in [6.45, 7) is 3.99. The minimum absolute atomic E-state index is 0.0440. The normalized spacial score (nSPS) is 12.2. The Bertz CT molecular complexity index is 513. The minimum atomic E-state index is -0.115. The third kappa shape index (κ3) is 4.62. The average molecular weight is 299 g/mol. The molecule has 0 aromatic heterocycles. The standard InChI is InChI=1S/C13H19ClN4O2/c1-4-8(2)20-12-10(14)5-9(6-11(12)19-3)7-17-18-13(15)16/h5-8H,4H2,1-3H3,(H4,15,16,18). The molecule has 0 aliphatic carbocycles. The van der Waals surface area contributed by atoms with Crippen LogP contribution in [0.15, 0.2) is 22.3 Å². The molecule has 1 atom stereocenters. The van der Waals surface area contributed by atoms with Crippen LogP contribution in [0.1, 0.15) is 25.8 Å². The maximum Gasteiger partial charge on any atom is 0.211 e. The van der Waals surface area contributed by atoms with Crippen molar-refractivity contribution in [2.24, 2.45) is 21.7 Å². The summed E-state index contributed by atoms with van der Waals surface area (Å²) in [4.78, 5) is 0. The molecule has 0 saturated carbocycles. The van der Waals surface area contributed by atoms with Crippen molar-refractivity contribution < 1.29 is 9.47 Å². The number of nitrogens with zero attached hydrogens (tertiary/aromatic N) is 2. The van der Waals surface area contributed by atoms with Gasteiger partial charge in [-0.05, 0) is 25.5 Å². The largest absolute Gasteiger partial charge is 0.493 e. The second-order valence-electron chi connectivity index (χ2n) is 4.14. The van der Waals surface area contributed by atoms with E-state index < -0.39 is 0 Å². The molecule has 20 heavy (non-hydrogen) atoms. The summed E-state index contributed by atoms with van der Waals surface area (Å²) in [5, 5.41) is 7.68. The molecule has 1 rings (SSSR count). The summed E-state index contributed by atoms with van der Waals surface area (Å²) >= 11 is 6.20. The molecule has 1 aromatic carbocycles. The first-order chi connectivity index (χ1) is 9.47. The van der Waals surface area contributed by atoms with Gasteiger partial charge in [0.05, 0.1) is 24.5 Å². The van der Waals surface area contributed by atoms with Gasteiger partial charge >= 0.3 is 0 Å². The van der Waals surface area contributed by atoms with E-state index in [2.05, 4.69) is 10.2 Å². The van der Waals surface area contributed by atoms with E-state index >= 15 is 0 Å². The van der Waals surface area contributed by atoms with Gasteiger partial charge in [0.2, 0.25) is 5.96 Å². The summed E-state index contributed by atoms with van der Waals surface area (Å²) < 4.78 is 11.0. The van der Waals surface area contributed by atoms with Gasteiger partial charge in [-0.25, -0.2) is 0 Å². The van der Waals surface area contributed by atoms with Gasteiger partial charge in [0, 0.05) is 5.56 Å². The quantitative estimate of drug-likeness (QED) is 0.478. The number of rotatable bonds is 6. The molecule has 4 N–H and O–H groups in total. The van der Waals surface area contributed by atoms with Gasteiger partial charge in [-0.3, -0.25) is 0 Å². The Morgan fingerprint density at radius 1 is 1.45 bits per heavy atom. The molecule has 6 nitrogen and oxygen atoms in total. The zero-order valence-electron chi connectivity index (χ0n) is 11.8. The van der Waals surface area contributed by atoms with Crippen LogP contribution < -0.4 is 20.9 Å². The van der Waals surface area contributed by atoms with Crippen LogP contribution in [0.2, 0.25) is 5.02 Å². The Labute approximate surface area is 123 Å². The Morgan fingerprint density at radius 3 is 2.70 bits per heavy atom. The van der Waals surface area contributed by atoms with Gasteiger partial charge in [-0.2, -0.15) is 5.10 Å². The van der Waals surface area contributed by atoms with Crippen LogP contribution >= 0.6 is 11.6 Å². The van der Waals surface area contributed by atoms with E-state index in [1.807, 2.05) is 13.8 Å². The maximum absolute atomic E-state index is 6.20. The number of hydrogen-bond donors (Lipinski definition) is 2. The Balaban J connectivity index is 3.06. The number of benzene rings is 1. The lowest BCUT2D eigenvalue weighted by atomic mass is 10.2. The summed E-state index contributed by atoms with van der Waals surface area (Å²) in [5.41, 5.74) is 11.1. The Morgan fingerprint density at radius 2 is 2.15 bits per heavy atom. The molecule has 0 heterocycles. The van der Waals surface area contributed by atoms with E-state index in [1.54, 1.807) is 19.2 Å². The predicted octanol–water partition coefficient (Wildman–Crippen LogP) is 2.13. The molecule has 1 aromatic rings. The molecule has 0 spiro atoms. The summed E-state index contributed by atoms with van der Waals surface area (Å²) in [6.07, 6.45) is 2.39. The van der Waals surface area contributed by atoms with Crippen LogP contribution in [0, 0.1) is 0 Å². The molecule has 0 aliphatic heterocycles. The third-order valence-corrected chi connectivity index (χ3v) is 2.81. The van der Waals surface area contributed by atoms with Crippen LogP contribution in [0.4, 0.5) is 0 Å². The van der Waals surface area contributed by atoms with Crippen molar-refractivity contribution in [3.8, 4) is 11.5 Å². The van der Waals surface area contributed by atoms with Crippen LogP contribution in [0.25, 0.3) is 0 Å². The van der Waals surface area contributed by atoms with Crippen molar-refractivity contribution in [2.75, 3.05) is 7.11 Å². The lowest BCUT2D eigenvalue weighted by Crippen LogP contribution is -2.21. The van der Waals surface area contributed by atoms with Crippen molar-refractivity contribution in [1.82, 2.24) is 0 Å². The number of halogens is 1. The fourth-order valence-electron chi connectivity index (χ4n) is 1.38. The number of nitrogens with two attached hydrogens (primary N) is 2. The molecular formula is C13H19ClN4O2. The first kappa shape index (κ1) is 16.1. The van der Waals surface area contributed by atoms with Crippen molar-refractivity contribution in [1.29, 1.82) is 0 Å². The van der Waals surface area contributed by atoms with Crippen molar-refractivity contribution >= 4 is 23.8 Å². The van der Waals surface area contributed by atoms with Crippen LogP contribution in [-0.4, -0.2) is 25.4 Å². The summed E-state index contributed by atoms with van der Waals surface area (Å²) in [5.74, 6) is 0.933. The van der Waals surface area contributed by atoms with E-state index in [1.165, 1.54) is 6.21 Å².